The summed E-state index contributed by atoms with van der Waals surface area (Å²) in [7, 11) is 8.69. The van der Waals surface area contributed by atoms with Gasteiger partial charge in [-0.2, -0.15) is 0 Å². The third kappa shape index (κ3) is 4.46. The molecule has 43 heavy (non-hydrogen) atoms. The fraction of sp³-hybridized carbons (Fsp3) is 0.433. The molecule has 13 heteroatoms. The number of aliphatic hydroxyl groups excluding tert-OH is 2. The topological polar surface area (TPSA) is 191 Å². The van der Waals surface area contributed by atoms with E-state index in [0.29, 0.717) is 23.4 Å². The maximum absolute atomic E-state index is 14.2. The molecule has 6 N–H and O–H groups in total. The van der Waals surface area contributed by atoms with Crippen molar-refractivity contribution in [3.05, 3.63) is 68.6 Å². The highest BCUT2D eigenvalue weighted by atomic mass is 16.3. The average molecular weight is 593 g/mol. The summed E-state index contributed by atoms with van der Waals surface area (Å²) in [5, 5.41) is 41.2. The molecule has 2 aromatic rings. The predicted octanol–water partition coefficient (Wildman–Crippen LogP) is 1.35. The van der Waals surface area contributed by atoms with Crippen LogP contribution in [0, 0.1) is 16.7 Å². The number of likely N-dealkylation sites (N-methyl/N-ethyl adjacent to an activating group) is 1. The number of carbonyl (C=O) groups excluding carboxylic acids is 3. The molecule has 3 aliphatic carbocycles. The first kappa shape index (κ1) is 30.1. The number of fused-ring (bicyclic) bond motifs is 3. The van der Waals surface area contributed by atoms with E-state index in [0.717, 1.165) is 5.69 Å². The molecule has 0 bridgehead atoms. The van der Waals surface area contributed by atoms with Crippen molar-refractivity contribution in [1.29, 1.82) is 0 Å². The molecule has 0 spiro atoms. The molecule has 1 heterocycles. The van der Waals surface area contributed by atoms with Crippen LogP contribution in [0.1, 0.15) is 28.8 Å². The Kier molecular flexibility index (Phi) is 7.53. The summed E-state index contributed by atoms with van der Waals surface area (Å²) < 4.78 is 1.96. The second kappa shape index (κ2) is 10.7. The third-order valence-electron chi connectivity index (χ3n) is 9.02. The molecule has 228 valence electrons. The minimum atomic E-state index is -2.70. The maximum Gasteiger partial charge on any atom is 0.255 e. The number of nitrogens with two attached hydrogens (primary N) is 1. The van der Waals surface area contributed by atoms with Gasteiger partial charge < -0.3 is 35.8 Å². The molecule has 0 radical (unpaired) electrons. The standard InChI is InChI=1S/C30H36N6O7/c1-34(2)19-11-15(12-32-13-16-7-6-8-36(16)5)23(33-43)21-17(19)9-14-10-18-24(35(3)4)26(38)22(29(31)41)28(40)30(18,42)27(39)20(14)25(21)37/h6-8,11,14,18,24,32,37,40,42H,9-10,12-13H2,1-5H3,(H2,31,41)/t14-,18-,24-,30-/m0/s1. The lowest BCUT2D eigenvalue weighted by Gasteiger charge is -2.50. The largest absolute Gasteiger partial charge is 0.508 e. The minimum Gasteiger partial charge on any atom is -0.508 e. The van der Waals surface area contributed by atoms with Crippen LogP contribution in [-0.2, 0) is 40.9 Å². The Balaban J connectivity index is 1.66. The highest BCUT2D eigenvalue weighted by molar-refractivity contribution is 6.24. The van der Waals surface area contributed by atoms with Crippen LogP contribution >= 0.6 is 0 Å². The molecule has 1 saturated carbocycles. The first-order chi connectivity index (χ1) is 20.2. The Bertz CT molecular complexity index is 1620. The smallest absolute Gasteiger partial charge is 0.255 e. The molecule has 4 atom stereocenters. The third-order valence-corrected chi connectivity index (χ3v) is 9.02. The SMILES string of the molecule is CN(C)c1cc(CNCc2cccn2C)c(N=O)c2c1C[C@H]1C[C@H]3[C@H](N(C)C)C(=O)C(C(N)=O)=C(O)[C@@]3(O)C(=O)C1=C2O. The molecule has 0 aliphatic heterocycles. The summed E-state index contributed by atoms with van der Waals surface area (Å²) >= 11 is 0. The Morgan fingerprint density at radius 1 is 1.21 bits per heavy atom. The van der Waals surface area contributed by atoms with E-state index >= 15 is 0 Å². The summed E-state index contributed by atoms with van der Waals surface area (Å²) in [6.45, 7) is 0.725. The van der Waals surface area contributed by atoms with Gasteiger partial charge >= 0.3 is 0 Å². The average Bonchev–Trinajstić information content (AvgIpc) is 3.34. The lowest BCUT2D eigenvalue weighted by atomic mass is 9.57. The summed E-state index contributed by atoms with van der Waals surface area (Å²) in [5.74, 6) is -6.58. The van der Waals surface area contributed by atoms with Gasteiger partial charge in [0.1, 0.15) is 22.8 Å². The molecule has 5 rings (SSSR count). The number of nitroso groups, excluding NO2 is 1. The highest BCUT2D eigenvalue weighted by Gasteiger charge is 2.64. The zero-order chi connectivity index (χ0) is 31.5. The van der Waals surface area contributed by atoms with E-state index in [1.807, 2.05) is 55.0 Å². The lowest BCUT2D eigenvalue weighted by Crippen LogP contribution is -2.65. The number of aromatic nitrogens is 1. The Labute approximate surface area is 248 Å². The molecule has 1 aromatic heterocycles. The van der Waals surface area contributed by atoms with Gasteiger partial charge in [0.15, 0.2) is 11.4 Å². The zero-order valence-corrected chi connectivity index (χ0v) is 24.7. The second-order valence-corrected chi connectivity index (χ2v) is 11.9. The quantitative estimate of drug-likeness (QED) is 0.221. The minimum absolute atomic E-state index is 0.0163. The van der Waals surface area contributed by atoms with Gasteiger partial charge in [0.25, 0.3) is 5.91 Å². The van der Waals surface area contributed by atoms with Gasteiger partial charge in [0.2, 0.25) is 5.78 Å². The van der Waals surface area contributed by atoms with Gasteiger partial charge in [-0.15, -0.1) is 4.91 Å². The van der Waals surface area contributed by atoms with Crippen molar-refractivity contribution in [1.82, 2.24) is 14.8 Å². The van der Waals surface area contributed by atoms with Gasteiger partial charge in [-0.05, 0) is 67.4 Å². The monoisotopic (exact) mass is 592 g/mol. The Hall–Kier alpha value is -4.33. The van der Waals surface area contributed by atoms with Gasteiger partial charge in [-0.25, -0.2) is 0 Å². The molecule has 1 amide bonds. The number of anilines is 1. The van der Waals surface area contributed by atoms with Crippen LogP contribution in [0.4, 0.5) is 11.4 Å². The number of Topliss-reactive ketones (excluding diaryl/α,β-unsaturated/α-hetero) is 2. The first-order valence-electron chi connectivity index (χ1n) is 13.9. The van der Waals surface area contributed by atoms with Crippen LogP contribution in [-0.4, -0.2) is 82.1 Å². The number of hydrogen-bond donors (Lipinski definition) is 5. The number of nitrogens with one attached hydrogen (secondary N) is 1. The molecule has 0 saturated heterocycles. The number of benzene rings is 1. The van der Waals surface area contributed by atoms with Crippen molar-refractivity contribution in [2.45, 2.75) is 37.6 Å². The number of rotatable bonds is 8. The van der Waals surface area contributed by atoms with Crippen molar-refractivity contribution in [2.24, 2.45) is 29.8 Å². The number of ketones is 2. The van der Waals surface area contributed by atoms with Crippen LogP contribution in [0.25, 0.3) is 5.76 Å². The first-order valence-corrected chi connectivity index (χ1v) is 13.9. The summed E-state index contributed by atoms with van der Waals surface area (Å²) in [6.07, 6.45) is 2.13. The van der Waals surface area contributed by atoms with Gasteiger partial charge in [-0.3, -0.25) is 19.3 Å². The summed E-state index contributed by atoms with van der Waals surface area (Å²) in [6, 6.07) is 4.56. The Morgan fingerprint density at radius 3 is 2.47 bits per heavy atom. The van der Waals surface area contributed by atoms with Crippen LogP contribution in [0.3, 0.4) is 0 Å². The predicted molar refractivity (Wildman–Crippen MR) is 158 cm³/mol. The fourth-order valence-corrected chi connectivity index (χ4v) is 6.99. The van der Waals surface area contributed by atoms with E-state index in [9.17, 15) is 34.6 Å². The molecule has 3 aliphatic rings. The number of carbonyl (C=O) groups is 3. The summed E-state index contributed by atoms with van der Waals surface area (Å²) in [4.78, 5) is 55.3. The molecule has 1 aromatic carbocycles. The van der Waals surface area contributed by atoms with Crippen molar-refractivity contribution >= 4 is 34.6 Å². The number of nitrogens with zero attached hydrogens (tertiary/aromatic N) is 4. The van der Waals surface area contributed by atoms with Gasteiger partial charge in [0, 0.05) is 63.3 Å². The van der Waals surface area contributed by atoms with Crippen molar-refractivity contribution in [3.8, 4) is 0 Å². The highest BCUT2D eigenvalue weighted by Crippen LogP contribution is 2.54. The second-order valence-electron chi connectivity index (χ2n) is 11.9. The van der Waals surface area contributed by atoms with Crippen molar-refractivity contribution < 1.29 is 29.7 Å². The van der Waals surface area contributed by atoms with Crippen LogP contribution in [0.5, 0.6) is 0 Å². The molecular formula is C30H36N6O7. The number of aryl methyl sites for hydroxylation is 1. The zero-order valence-electron chi connectivity index (χ0n) is 24.7. The van der Waals surface area contributed by atoms with Gasteiger partial charge in [0.05, 0.1) is 11.6 Å². The number of aliphatic hydroxyl groups is 3. The number of hydrogen-bond acceptors (Lipinski definition) is 11. The normalized spacial score (nSPS) is 25.0. The molecular weight excluding hydrogens is 556 g/mol. The molecule has 13 nitrogen and oxygen atoms in total. The number of primary amides is 1. The van der Waals surface area contributed by atoms with Crippen molar-refractivity contribution in [2.75, 3.05) is 33.1 Å². The Morgan fingerprint density at radius 2 is 1.91 bits per heavy atom. The molecule has 1 fully saturated rings. The van der Waals surface area contributed by atoms with E-state index in [2.05, 4.69) is 10.5 Å². The fourth-order valence-electron chi connectivity index (χ4n) is 6.99. The van der Waals surface area contributed by atoms with Gasteiger partial charge in [-0.1, -0.05) is 0 Å². The van der Waals surface area contributed by atoms with Crippen molar-refractivity contribution in [3.63, 3.8) is 0 Å². The van der Waals surface area contributed by atoms with Crippen LogP contribution in [0.15, 0.2) is 46.5 Å². The lowest BCUT2D eigenvalue weighted by molar-refractivity contribution is -0.153. The van der Waals surface area contributed by atoms with E-state index in [1.54, 1.807) is 14.1 Å². The maximum atomic E-state index is 14.2. The molecule has 0 unspecified atom stereocenters. The van der Waals surface area contributed by atoms with E-state index in [1.165, 1.54) is 4.90 Å². The summed E-state index contributed by atoms with van der Waals surface area (Å²) in [5.41, 5.74) is 4.49. The van der Waals surface area contributed by atoms with E-state index < -0.39 is 58.0 Å². The van der Waals surface area contributed by atoms with E-state index in [-0.39, 0.29) is 36.2 Å². The van der Waals surface area contributed by atoms with Crippen LogP contribution in [0.2, 0.25) is 0 Å². The van der Waals surface area contributed by atoms with E-state index in [4.69, 9.17) is 5.73 Å². The number of amides is 1. The van der Waals surface area contributed by atoms with Crippen LogP contribution < -0.4 is 16.0 Å².